The van der Waals surface area contributed by atoms with E-state index < -0.39 is 11.6 Å². The number of rotatable bonds is 9. The number of hydrogen-bond donors (Lipinski definition) is 1. The Morgan fingerprint density at radius 1 is 1.05 bits per heavy atom. The average molecular weight is 268 g/mol. The van der Waals surface area contributed by atoms with Crippen molar-refractivity contribution in [3.63, 3.8) is 0 Å². The Kier molecular flexibility index (Phi) is 5.68. The molecule has 110 valence electrons. The second-order valence-electron chi connectivity index (χ2n) is 6.40. The highest BCUT2D eigenvalue weighted by Crippen LogP contribution is 2.33. The first kappa shape index (κ1) is 14.8. The molecule has 1 aliphatic carbocycles. The first-order valence-electron chi connectivity index (χ1n) is 8.10. The Morgan fingerprint density at radius 3 is 2.32 bits per heavy atom. The van der Waals surface area contributed by atoms with Crippen LogP contribution in [0.25, 0.3) is 0 Å². The van der Waals surface area contributed by atoms with E-state index in [0.717, 1.165) is 18.8 Å². The van der Waals surface area contributed by atoms with Crippen molar-refractivity contribution in [2.45, 2.75) is 82.7 Å². The first-order chi connectivity index (χ1) is 9.23. The van der Waals surface area contributed by atoms with E-state index in [0.29, 0.717) is 13.0 Å². The third-order valence-corrected chi connectivity index (χ3v) is 4.80. The summed E-state index contributed by atoms with van der Waals surface area (Å²) in [6, 6.07) is 0. The topological polar surface area (TPSA) is 49.8 Å². The Labute approximate surface area is 116 Å². The fourth-order valence-electron chi connectivity index (χ4n) is 3.31. The lowest BCUT2D eigenvalue weighted by Crippen LogP contribution is -2.23. The molecule has 1 N–H and O–H groups in total. The van der Waals surface area contributed by atoms with Crippen LogP contribution in [0, 0.1) is 5.92 Å². The summed E-state index contributed by atoms with van der Waals surface area (Å²) in [5, 5.41) is 8.96. The summed E-state index contributed by atoms with van der Waals surface area (Å²) in [5.74, 6) is 0.230. The van der Waals surface area contributed by atoms with Gasteiger partial charge in [0.15, 0.2) is 5.60 Å². The largest absolute Gasteiger partial charge is 0.479 e. The van der Waals surface area contributed by atoms with Crippen LogP contribution in [0.3, 0.4) is 0 Å². The van der Waals surface area contributed by atoms with Gasteiger partial charge in [-0.15, -0.1) is 0 Å². The van der Waals surface area contributed by atoms with Gasteiger partial charge in [0.1, 0.15) is 0 Å². The van der Waals surface area contributed by atoms with Crippen LogP contribution in [0.2, 0.25) is 0 Å². The molecule has 19 heavy (non-hydrogen) atoms. The second-order valence-corrected chi connectivity index (χ2v) is 6.40. The van der Waals surface area contributed by atoms with E-state index in [-0.39, 0.29) is 0 Å². The van der Waals surface area contributed by atoms with Gasteiger partial charge in [0.2, 0.25) is 0 Å². The minimum absolute atomic E-state index is 0.421. The van der Waals surface area contributed by atoms with Crippen LogP contribution in [0.1, 0.15) is 77.0 Å². The SMILES string of the molecule is O=C(O)C1(CCCCCCCC2CCCCC2)CO1. The summed E-state index contributed by atoms with van der Waals surface area (Å²) in [6.45, 7) is 0.421. The van der Waals surface area contributed by atoms with Crippen LogP contribution in [0.5, 0.6) is 0 Å². The van der Waals surface area contributed by atoms with Gasteiger partial charge in [0, 0.05) is 0 Å². The molecule has 0 aromatic rings. The van der Waals surface area contributed by atoms with Gasteiger partial charge in [-0.1, -0.05) is 64.2 Å². The molecule has 1 atom stereocenters. The monoisotopic (exact) mass is 268 g/mol. The Morgan fingerprint density at radius 2 is 1.68 bits per heavy atom. The molecule has 1 saturated heterocycles. The van der Waals surface area contributed by atoms with Gasteiger partial charge in [0.25, 0.3) is 0 Å². The molecular weight excluding hydrogens is 240 g/mol. The second kappa shape index (κ2) is 7.28. The number of ether oxygens (including phenoxy) is 1. The maximum Gasteiger partial charge on any atom is 0.338 e. The van der Waals surface area contributed by atoms with E-state index in [9.17, 15) is 4.79 Å². The number of unbranched alkanes of at least 4 members (excludes halogenated alkanes) is 4. The van der Waals surface area contributed by atoms with Crippen LogP contribution in [0.15, 0.2) is 0 Å². The molecule has 1 aliphatic heterocycles. The number of hydrogen-bond acceptors (Lipinski definition) is 2. The molecule has 1 unspecified atom stereocenters. The summed E-state index contributed by atoms with van der Waals surface area (Å²) in [6.07, 6.45) is 15.5. The molecule has 0 amide bonds. The lowest BCUT2D eigenvalue weighted by Gasteiger charge is -2.21. The van der Waals surface area contributed by atoms with Gasteiger partial charge < -0.3 is 9.84 Å². The smallest absolute Gasteiger partial charge is 0.338 e. The number of carboxylic acid groups (broad SMARTS) is 1. The Hall–Kier alpha value is -0.570. The summed E-state index contributed by atoms with van der Waals surface area (Å²) >= 11 is 0. The van der Waals surface area contributed by atoms with E-state index in [1.807, 2.05) is 0 Å². The molecular formula is C16H28O3. The molecule has 3 nitrogen and oxygen atoms in total. The van der Waals surface area contributed by atoms with Crippen molar-refractivity contribution in [3.05, 3.63) is 0 Å². The van der Waals surface area contributed by atoms with Crippen molar-refractivity contribution in [1.82, 2.24) is 0 Å². The normalized spacial score (nSPS) is 27.4. The number of aliphatic carboxylic acids is 1. The highest BCUT2D eigenvalue weighted by molar-refractivity contribution is 5.80. The zero-order chi connectivity index (χ0) is 13.6. The zero-order valence-corrected chi connectivity index (χ0v) is 12.0. The molecule has 2 fully saturated rings. The average Bonchev–Trinajstić information content (AvgIpc) is 3.20. The number of epoxide rings is 1. The molecule has 0 bridgehead atoms. The van der Waals surface area contributed by atoms with Crippen molar-refractivity contribution in [3.8, 4) is 0 Å². The van der Waals surface area contributed by atoms with Gasteiger partial charge in [0.05, 0.1) is 6.61 Å². The summed E-state index contributed by atoms with van der Waals surface area (Å²) < 4.78 is 5.07. The quantitative estimate of drug-likeness (QED) is 0.505. The van der Waals surface area contributed by atoms with Gasteiger partial charge in [-0.2, -0.15) is 0 Å². The lowest BCUT2D eigenvalue weighted by molar-refractivity contribution is -0.143. The van der Waals surface area contributed by atoms with Crippen LogP contribution < -0.4 is 0 Å². The fourth-order valence-corrected chi connectivity index (χ4v) is 3.31. The highest BCUT2D eigenvalue weighted by Gasteiger charge is 2.51. The lowest BCUT2D eigenvalue weighted by atomic mass is 9.85. The fraction of sp³-hybridized carbons (Fsp3) is 0.938. The molecule has 3 heteroatoms. The maximum atomic E-state index is 10.9. The maximum absolute atomic E-state index is 10.9. The van der Waals surface area contributed by atoms with Crippen molar-refractivity contribution < 1.29 is 14.6 Å². The molecule has 2 aliphatic rings. The summed E-state index contributed by atoms with van der Waals surface area (Å²) in [4.78, 5) is 10.9. The molecule has 0 spiro atoms. The Bertz CT molecular complexity index is 278. The standard InChI is InChI=1S/C16H28O3/c17-15(18)16(13-19-16)12-8-3-1-2-5-9-14-10-6-4-7-11-14/h14H,1-13H2,(H,17,18). The third kappa shape index (κ3) is 4.79. The van der Waals surface area contributed by atoms with Crippen LogP contribution >= 0.6 is 0 Å². The van der Waals surface area contributed by atoms with Gasteiger partial charge in [-0.05, 0) is 18.8 Å². The molecule has 0 aromatic carbocycles. The van der Waals surface area contributed by atoms with Gasteiger partial charge in [-0.25, -0.2) is 4.79 Å². The van der Waals surface area contributed by atoms with Crippen LogP contribution in [-0.4, -0.2) is 23.3 Å². The number of carboxylic acids is 1. The minimum Gasteiger partial charge on any atom is -0.479 e. The molecule has 0 radical (unpaired) electrons. The molecule has 1 heterocycles. The van der Waals surface area contributed by atoms with E-state index in [4.69, 9.17) is 9.84 Å². The first-order valence-corrected chi connectivity index (χ1v) is 8.10. The minimum atomic E-state index is -0.790. The summed E-state index contributed by atoms with van der Waals surface area (Å²) in [7, 11) is 0. The Balaban J connectivity index is 1.41. The van der Waals surface area contributed by atoms with Crippen LogP contribution in [0.4, 0.5) is 0 Å². The predicted molar refractivity (Wildman–Crippen MR) is 75.2 cm³/mol. The molecule has 1 saturated carbocycles. The van der Waals surface area contributed by atoms with E-state index >= 15 is 0 Å². The van der Waals surface area contributed by atoms with E-state index in [1.54, 1.807) is 0 Å². The zero-order valence-electron chi connectivity index (χ0n) is 12.0. The van der Waals surface area contributed by atoms with E-state index in [1.165, 1.54) is 57.8 Å². The van der Waals surface area contributed by atoms with Gasteiger partial charge in [-0.3, -0.25) is 0 Å². The van der Waals surface area contributed by atoms with Gasteiger partial charge >= 0.3 is 5.97 Å². The highest BCUT2D eigenvalue weighted by atomic mass is 16.6. The van der Waals surface area contributed by atoms with Crippen LogP contribution in [-0.2, 0) is 9.53 Å². The molecule has 2 rings (SSSR count). The third-order valence-electron chi connectivity index (χ3n) is 4.80. The summed E-state index contributed by atoms with van der Waals surface area (Å²) in [5.41, 5.74) is -0.790. The number of carbonyl (C=O) groups is 1. The van der Waals surface area contributed by atoms with Crippen molar-refractivity contribution in [2.24, 2.45) is 5.92 Å². The molecule has 0 aromatic heterocycles. The van der Waals surface area contributed by atoms with Crippen molar-refractivity contribution in [2.75, 3.05) is 6.61 Å². The van der Waals surface area contributed by atoms with Crippen molar-refractivity contribution >= 4 is 5.97 Å². The van der Waals surface area contributed by atoms with E-state index in [2.05, 4.69) is 0 Å². The predicted octanol–water partition coefficient (Wildman–Crippen LogP) is 4.15. The van der Waals surface area contributed by atoms with Crippen molar-refractivity contribution in [1.29, 1.82) is 0 Å².